The Morgan fingerprint density at radius 1 is 1.03 bits per heavy atom. The van der Waals surface area contributed by atoms with Crippen LogP contribution in [0.2, 0.25) is 0 Å². The summed E-state index contributed by atoms with van der Waals surface area (Å²) in [5.74, 6) is -1.01. The lowest BCUT2D eigenvalue weighted by Crippen LogP contribution is -2.36. The van der Waals surface area contributed by atoms with Crippen LogP contribution in [0.4, 0.5) is 0 Å². The number of amides is 1. The topological polar surface area (TPSA) is 92.8 Å². The van der Waals surface area contributed by atoms with Gasteiger partial charge in [0.1, 0.15) is 0 Å². The number of hydrogen-bond donors (Lipinski definition) is 1. The molecule has 0 radical (unpaired) electrons. The van der Waals surface area contributed by atoms with E-state index < -0.39 is 16.0 Å². The van der Waals surface area contributed by atoms with Crippen LogP contribution in [0.1, 0.15) is 38.3 Å². The highest BCUT2D eigenvalue weighted by molar-refractivity contribution is 7.89. The van der Waals surface area contributed by atoms with Crippen LogP contribution < -0.4 is 5.32 Å². The summed E-state index contributed by atoms with van der Waals surface area (Å²) in [5.41, 5.74) is 1.85. The quantitative estimate of drug-likeness (QED) is 0.377. The van der Waals surface area contributed by atoms with E-state index in [9.17, 15) is 18.0 Å². The van der Waals surface area contributed by atoms with Gasteiger partial charge in [-0.15, -0.1) is 0 Å². The van der Waals surface area contributed by atoms with E-state index in [2.05, 4.69) is 5.32 Å². The fourth-order valence-corrected chi connectivity index (χ4v) is 4.69. The Morgan fingerprint density at radius 3 is 2.27 bits per heavy atom. The maximum atomic E-state index is 12.5. The molecule has 0 aliphatic rings. The second kappa shape index (κ2) is 12.9. The van der Waals surface area contributed by atoms with Crippen molar-refractivity contribution in [3.63, 3.8) is 0 Å². The molecule has 0 spiro atoms. The van der Waals surface area contributed by atoms with Crippen LogP contribution >= 0.6 is 0 Å². The fourth-order valence-electron chi connectivity index (χ4n) is 3.23. The molecule has 1 atom stereocenters. The molecule has 1 amide bonds. The van der Waals surface area contributed by atoms with Crippen molar-refractivity contribution in [1.29, 1.82) is 0 Å². The fraction of sp³-hybridized carbons (Fsp3) is 0.360. The first kappa shape index (κ1) is 26.3. The number of carbonyl (C=O) groups is 2. The number of nitrogens with one attached hydrogen (secondary N) is 1. The molecular formula is C25H32N2O5S. The van der Waals surface area contributed by atoms with Crippen LogP contribution in [0.15, 0.2) is 65.6 Å². The monoisotopic (exact) mass is 472 g/mol. The Hall–Kier alpha value is -2.97. The van der Waals surface area contributed by atoms with Crippen LogP contribution in [0.25, 0.3) is 6.08 Å². The van der Waals surface area contributed by atoms with E-state index in [1.54, 1.807) is 26.0 Å². The van der Waals surface area contributed by atoms with E-state index in [0.717, 1.165) is 12.8 Å². The average Bonchev–Trinajstić information content (AvgIpc) is 2.81. The first-order chi connectivity index (χ1) is 15.8. The first-order valence-corrected chi connectivity index (χ1v) is 12.5. The second-order valence-corrected chi connectivity index (χ2v) is 9.53. The number of esters is 1. The molecule has 2 aromatic carbocycles. The van der Waals surface area contributed by atoms with Crippen molar-refractivity contribution in [3.05, 3.63) is 71.8 Å². The van der Waals surface area contributed by atoms with Gasteiger partial charge >= 0.3 is 5.97 Å². The highest BCUT2D eigenvalue weighted by atomic mass is 32.2. The summed E-state index contributed by atoms with van der Waals surface area (Å²) < 4.78 is 31.4. The third-order valence-electron chi connectivity index (χ3n) is 5.10. The van der Waals surface area contributed by atoms with Gasteiger partial charge in [0, 0.05) is 25.2 Å². The van der Waals surface area contributed by atoms with Gasteiger partial charge in [0.15, 0.2) is 6.61 Å². The highest BCUT2D eigenvalue weighted by Gasteiger charge is 2.21. The predicted octanol–water partition coefficient (Wildman–Crippen LogP) is 3.41. The first-order valence-electron chi connectivity index (χ1n) is 11.0. The number of sulfonamides is 1. The lowest BCUT2D eigenvalue weighted by Gasteiger charge is -2.18. The van der Waals surface area contributed by atoms with Crippen molar-refractivity contribution >= 4 is 28.0 Å². The standard InChI is InChI=1S/C25H32N2O5S/c1-4-27(5-2)33(30,31)23-16-13-22(14-17-23)15-18-25(29)32-19-24(28)26-20(3)11-12-21-9-7-6-8-10-21/h6-10,13-18,20H,4-5,11-12,19H2,1-3H3,(H,26,28)/b18-15+. The number of carbonyl (C=O) groups excluding carboxylic acids is 2. The predicted molar refractivity (Wildman–Crippen MR) is 129 cm³/mol. The largest absolute Gasteiger partial charge is 0.452 e. The summed E-state index contributed by atoms with van der Waals surface area (Å²) in [6, 6.07) is 16.2. The minimum Gasteiger partial charge on any atom is -0.452 e. The van der Waals surface area contributed by atoms with E-state index in [4.69, 9.17) is 4.74 Å². The van der Waals surface area contributed by atoms with Crippen LogP contribution in [0.5, 0.6) is 0 Å². The van der Waals surface area contributed by atoms with Gasteiger partial charge in [-0.1, -0.05) is 56.3 Å². The summed E-state index contributed by atoms with van der Waals surface area (Å²) in [7, 11) is -3.52. The van der Waals surface area contributed by atoms with Crippen molar-refractivity contribution in [3.8, 4) is 0 Å². The van der Waals surface area contributed by atoms with Crippen LogP contribution in [-0.2, 0) is 30.8 Å². The van der Waals surface area contributed by atoms with Gasteiger partial charge in [0.25, 0.3) is 5.91 Å². The zero-order valence-corrected chi connectivity index (χ0v) is 20.2. The zero-order valence-electron chi connectivity index (χ0n) is 19.4. The molecule has 178 valence electrons. The van der Waals surface area contributed by atoms with Gasteiger partial charge in [0.05, 0.1) is 4.90 Å². The zero-order chi connectivity index (χ0) is 24.3. The second-order valence-electron chi connectivity index (χ2n) is 7.59. The molecule has 7 nitrogen and oxygen atoms in total. The Morgan fingerprint density at radius 2 is 1.67 bits per heavy atom. The number of rotatable bonds is 12. The van der Waals surface area contributed by atoms with Crippen LogP contribution in [-0.4, -0.2) is 50.3 Å². The molecule has 1 N–H and O–H groups in total. The molecule has 0 saturated carbocycles. The SMILES string of the molecule is CCN(CC)S(=O)(=O)c1ccc(/C=C/C(=O)OCC(=O)NC(C)CCc2ccccc2)cc1. The van der Waals surface area contributed by atoms with Gasteiger partial charge in [-0.2, -0.15) is 4.31 Å². The molecule has 0 saturated heterocycles. The van der Waals surface area contributed by atoms with E-state index in [-0.39, 0.29) is 23.5 Å². The smallest absolute Gasteiger partial charge is 0.331 e. The summed E-state index contributed by atoms with van der Waals surface area (Å²) in [4.78, 5) is 24.1. The van der Waals surface area contributed by atoms with Gasteiger partial charge in [-0.3, -0.25) is 4.79 Å². The van der Waals surface area contributed by atoms with Crippen LogP contribution in [0.3, 0.4) is 0 Å². The molecule has 33 heavy (non-hydrogen) atoms. The molecule has 0 aliphatic heterocycles. The molecule has 0 heterocycles. The minimum absolute atomic E-state index is 0.0434. The lowest BCUT2D eigenvalue weighted by atomic mass is 10.1. The summed E-state index contributed by atoms with van der Waals surface area (Å²) in [5, 5.41) is 2.82. The van der Waals surface area contributed by atoms with E-state index in [1.165, 1.54) is 34.2 Å². The molecule has 0 aromatic heterocycles. The third-order valence-corrected chi connectivity index (χ3v) is 7.16. The van der Waals surface area contributed by atoms with Crippen molar-refractivity contribution < 1.29 is 22.7 Å². The Balaban J connectivity index is 1.78. The molecule has 1 unspecified atom stereocenters. The number of nitrogens with zero attached hydrogens (tertiary/aromatic N) is 1. The molecule has 0 aliphatic carbocycles. The Labute approximate surface area is 196 Å². The maximum Gasteiger partial charge on any atom is 0.331 e. The minimum atomic E-state index is -3.52. The van der Waals surface area contributed by atoms with Crippen molar-refractivity contribution in [2.24, 2.45) is 0 Å². The van der Waals surface area contributed by atoms with E-state index in [1.807, 2.05) is 37.3 Å². The number of aryl methyl sites for hydroxylation is 1. The summed E-state index contributed by atoms with van der Waals surface area (Å²) in [6.45, 7) is 5.91. The Kier molecular flexibility index (Phi) is 10.3. The van der Waals surface area contributed by atoms with E-state index in [0.29, 0.717) is 18.7 Å². The normalized spacial score (nSPS) is 12.6. The molecule has 2 rings (SSSR count). The van der Waals surface area contributed by atoms with Gasteiger partial charge in [-0.05, 0) is 49.1 Å². The van der Waals surface area contributed by atoms with Crippen molar-refractivity contribution in [2.75, 3.05) is 19.7 Å². The van der Waals surface area contributed by atoms with Gasteiger partial charge in [-0.25, -0.2) is 13.2 Å². The van der Waals surface area contributed by atoms with Crippen molar-refractivity contribution in [2.45, 2.75) is 44.6 Å². The lowest BCUT2D eigenvalue weighted by molar-refractivity contribution is -0.144. The van der Waals surface area contributed by atoms with Gasteiger partial charge in [0.2, 0.25) is 10.0 Å². The summed E-state index contributed by atoms with van der Waals surface area (Å²) in [6.07, 6.45) is 4.35. The molecule has 8 heteroatoms. The average molecular weight is 473 g/mol. The van der Waals surface area contributed by atoms with Crippen LogP contribution in [0, 0.1) is 0 Å². The Bertz CT molecular complexity index is 1030. The maximum absolute atomic E-state index is 12.5. The number of benzene rings is 2. The third kappa shape index (κ3) is 8.47. The molecule has 0 fully saturated rings. The molecule has 2 aromatic rings. The van der Waals surface area contributed by atoms with Crippen molar-refractivity contribution in [1.82, 2.24) is 9.62 Å². The van der Waals surface area contributed by atoms with E-state index >= 15 is 0 Å². The highest BCUT2D eigenvalue weighted by Crippen LogP contribution is 2.16. The van der Waals surface area contributed by atoms with Gasteiger partial charge < -0.3 is 10.1 Å². The number of ether oxygens (including phenoxy) is 1. The molecule has 0 bridgehead atoms. The number of hydrogen-bond acceptors (Lipinski definition) is 5. The molecular weight excluding hydrogens is 440 g/mol. The summed E-state index contributed by atoms with van der Waals surface area (Å²) >= 11 is 0.